The fourth-order valence-corrected chi connectivity index (χ4v) is 2.53. The van der Waals surface area contributed by atoms with Gasteiger partial charge in [-0.3, -0.25) is 9.00 Å². The number of hydrogen-bond donors (Lipinski definition) is 1. The zero-order chi connectivity index (χ0) is 20.6. The van der Waals surface area contributed by atoms with Crippen molar-refractivity contribution >= 4 is 27.0 Å². The van der Waals surface area contributed by atoms with Crippen LogP contribution in [-0.4, -0.2) is 51.6 Å². The summed E-state index contributed by atoms with van der Waals surface area (Å²) in [4.78, 5) is 10.7. The van der Waals surface area contributed by atoms with E-state index in [-0.39, 0.29) is 11.6 Å². The minimum absolute atomic E-state index is 0.105. The number of carbonyl (C=O) groups excluding carboxylic acids is 1. The van der Waals surface area contributed by atoms with E-state index >= 15 is 0 Å². The van der Waals surface area contributed by atoms with Crippen LogP contribution in [0.2, 0.25) is 0 Å². The second-order valence-corrected chi connectivity index (χ2v) is 7.39. The van der Waals surface area contributed by atoms with Crippen molar-refractivity contribution in [3.05, 3.63) is 0 Å². The van der Waals surface area contributed by atoms with E-state index in [4.69, 9.17) is 0 Å². The Balaban J connectivity index is 5.86. The highest BCUT2D eigenvalue weighted by Crippen LogP contribution is 2.50. The lowest BCUT2D eigenvalue weighted by atomic mass is 10.1. The molecule has 0 aromatic rings. The minimum atomic E-state index is -7.10. The van der Waals surface area contributed by atoms with Crippen molar-refractivity contribution in [2.24, 2.45) is 0 Å². The second-order valence-electron chi connectivity index (χ2n) is 4.44. The van der Waals surface area contributed by atoms with Gasteiger partial charge in [0.05, 0.1) is 5.25 Å². The fourth-order valence-electron chi connectivity index (χ4n) is 1.17. The normalized spacial score (nSPS) is 17.1. The molecule has 0 aliphatic rings. The van der Waals surface area contributed by atoms with Crippen LogP contribution in [0.3, 0.4) is 0 Å². The van der Waals surface area contributed by atoms with E-state index < -0.39 is 62.0 Å². The third-order valence-electron chi connectivity index (χ3n) is 2.53. The number of nitrogens with one attached hydrogen (secondary N) is 1. The molecule has 0 saturated heterocycles. The number of halogens is 9. The molecule has 2 atom stereocenters. The van der Waals surface area contributed by atoms with Crippen LogP contribution in [0.15, 0.2) is 0 Å². The van der Waals surface area contributed by atoms with Crippen molar-refractivity contribution in [3.63, 3.8) is 0 Å². The summed E-state index contributed by atoms with van der Waals surface area (Å²) in [6.07, 6.45) is -8.11. The number of rotatable bonds is 7. The average Bonchev–Trinajstić information content (AvgIpc) is 2.33. The summed E-state index contributed by atoms with van der Waals surface area (Å²) in [5.41, 5.74) is 0. The minimum Gasteiger partial charge on any atom is -0.772 e. The summed E-state index contributed by atoms with van der Waals surface area (Å²) < 4.78 is 158. The van der Waals surface area contributed by atoms with Crippen LogP contribution in [0.25, 0.3) is 0 Å². The maximum Gasteiger partial charge on any atom is 0.431 e. The van der Waals surface area contributed by atoms with Crippen molar-refractivity contribution in [1.82, 2.24) is 4.72 Å². The molecule has 0 radical (unpaired) electrons. The fraction of sp³-hybridized carbons (Fsp3) is 0.875. The van der Waals surface area contributed by atoms with Gasteiger partial charge in [0.2, 0.25) is 5.91 Å². The highest BCUT2D eigenvalue weighted by molar-refractivity contribution is 7.91. The van der Waals surface area contributed by atoms with E-state index in [1.807, 2.05) is 0 Å². The number of amides is 1. The van der Waals surface area contributed by atoms with Crippen LogP contribution in [0, 0.1) is 0 Å². The Hall–Kier alpha value is -1.10. The predicted molar refractivity (Wildman–Crippen MR) is 61.0 cm³/mol. The molecule has 0 bridgehead atoms. The molecule has 1 N–H and O–H groups in total. The Kier molecular flexibility index (Phi) is 6.60. The summed E-state index contributed by atoms with van der Waals surface area (Å²) in [5.74, 6) is -15.8. The number of alkyl halides is 9. The highest BCUT2D eigenvalue weighted by atomic mass is 32.2. The van der Waals surface area contributed by atoms with Gasteiger partial charge in [-0.25, -0.2) is 4.72 Å². The Morgan fingerprint density at radius 3 is 1.80 bits per heavy atom. The van der Waals surface area contributed by atoms with Gasteiger partial charge < -0.3 is 4.55 Å². The van der Waals surface area contributed by atoms with E-state index in [9.17, 15) is 61.5 Å². The molecule has 150 valence electrons. The number of sulfonamides is 1. The SMILES string of the molecule is C[C@@H](S(=O)[O-])C(F)(F)C(F)(F)C(F)(F)S(=O)(=O)NC(=O)CC(F)(F)F. The molecule has 0 aliphatic heterocycles. The van der Waals surface area contributed by atoms with Crippen LogP contribution in [0.1, 0.15) is 13.3 Å². The molecule has 1 amide bonds. The van der Waals surface area contributed by atoms with Crippen LogP contribution in [0.5, 0.6) is 0 Å². The first-order valence-electron chi connectivity index (χ1n) is 5.54. The zero-order valence-corrected chi connectivity index (χ0v) is 13.2. The Morgan fingerprint density at radius 2 is 1.48 bits per heavy atom. The van der Waals surface area contributed by atoms with Crippen LogP contribution in [-0.2, 0) is 25.9 Å². The molecular formula is C8H7F9NO5S2-. The average molecular weight is 432 g/mol. The maximum atomic E-state index is 13.4. The van der Waals surface area contributed by atoms with E-state index in [0.29, 0.717) is 0 Å². The molecule has 1 unspecified atom stereocenters. The van der Waals surface area contributed by atoms with Gasteiger partial charge in [0.1, 0.15) is 6.42 Å². The van der Waals surface area contributed by atoms with Gasteiger partial charge in [-0.1, -0.05) is 0 Å². The molecule has 0 aromatic heterocycles. The van der Waals surface area contributed by atoms with Gasteiger partial charge >= 0.3 is 33.3 Å². The van der Waals surface area contributed by atoms with Gasteiger partial charge in [0, 0.05) is 0 Å². The first-order valence-corrected chi connectivity index (χ1v) is 8.16. The van der Waals surface area contributed by atoms with Crippen LogP contribution < -0.4 is 4.72 Å². The predicted octanol–water partition coefficient (Wildman–Crippen LogP) is 1.52. The molecule has 0 rings (SSSR count). The summed E-state index contributed by atoms with van der Waals surface area (Å²) in [5, 5.41) is -10.3. The van der Waals surface area contributed by atoms with Gasteiger partial charge in [0.25, 0.3) is 0 Å². The molecule has 0 saturated carbocycles. The van der Waals surface area contributed by atoms with E-state index in [1.165, 1.54) is 0 Å². The molecule has 17 heteroatoms. The number of hydrogen-bond acceptors (Lipinski definition) is 5. The molecule has 0 heterocycles. The zero-order valence-electron chi connectivity index (χ0n) is 11.5. The van der Waals surface area contributed by atoms with Gasteiger partial charge in [-0.2, -0.15) is 47.9 Å². The van der Waals surface area contributed by atoms with Crippen molar-refractivity contribution in [2.75, 3.05) is 0 Å². The van der Waals surface area contributed by atoms with Crippen molar-refractivity contribution in [3.8, 4) is 0 Å². The lowest BCUT2D eigenvalue weighted by molar-refractivity contribution is -0.278. The quantitative estimate of drug-likeness (QED) is 0.486. The first-order chi connectivity index (χ1) is 10.7. The lowest BCUT2D eigenvalue weighted by Gasteiger charge is -2.35. The summed E-state index contributed by atoms with van der Waals surface area (Å²) in [6, 6.07) is 0. The Labute approximate surface area is 136 Å². The molecule has 0 aromatic carbocycles. The topological polar surface area (TPSA) is 103 Å². The van der Waals surface area contributed by atoms with Crippen molar-refractivity contribution in [2.45, 2.75) is 41.9 Å². The highest BCUT2D eigenvalue weighted by Gasteiger charge is 2.79. The molecule has 6 nitrogen and oxygen atoms in total. The third-order valence-corrected chi connectivity index (χ3v) is 4.83. The van der Waals surface area contributed by atoms with Gasteiger partial charge in [-0.15, -0.1) is 0 Å². The molecule has 25 heavy (non-hydrogen) atoms. The standard InChI is InChI=1S/C8H8F9NO5S2/c1-3(24(20)21)6(12,13)7(14,15)8(16,17)25(22,23)18-4(19)2-5(9,10)11/h3H,2H2,1H3,(H,18,19)(H,20,21)/p-1/t3-/m1/s1. The third kappa shape index (κ3) is 4.75. The van der Waals surface area contributed by atoms with Crippen LogP contribution >= 0.6 is 0 Å². The van der Waals surface area contributed by atoms with E-state index in [0.717, 1.165) is 0 Å². The van der Waals surface area contributed by atoms with Crippen LogP contribution in [0.4, 0.5) is 39.5 Å². The molecule has 0 aliphatic carbocycles. The largest absolute Gasteiger partial charge is 0.772 e. The Morgan fingerprint density at radius 1 is 1.08 bits per heavy atom. The van der Waals surface area contributed by atoms with Crippen molar-refractivity contribution < 1.29 is 61.5 Å². The summed E-state index contributed by atoms with van der Waals surface area (Å²) in [6.45, 7) is -0.151. The van der Waals surface area contributed by atoms with E-state index in [2.05, 4.69) is 0 Å². The van der Waals surface area contributed by atoms with E-state index in [1.54, 1.807) is 0 Å². The maximum absolute atomic E-state index is 13.4. The second kappa shape index (κ2) is 6.90. The Bertz CT molecular complexity index is 645. The summed E-state index contributed by atoms with van der Waals surface area (Å²) in [7, 11) is -7.10. The first kappa shape index (κ1) is 23.9. The lowest BCUT2D eigenvalue weighted by Crippen LogP contribution is -2.64. The monoisotopic (exact) mass is 432 g/mol. The molecular weight excluding hydrogens is 425 g/mol. The molecule has 0 fully saturated rings. The van der Waals surface area contributed by atoms with Gasteiger partial charge in [-0.05, 0) is 18.0 Å². The number of carbonyl (C=O) groups is 1. The smallest absolute Gasteiger partial charge is 0.431 e. The van der Waals surface area contributed by atoms with Crippen molar-refractivity contribution in [1.29, 1.82) is 0 Å². The summed E-state index contributed by atoms with van der Waals surface area (Å²) >= 11 is -4.06. The van der Waals surface area contributed by atoms with Gasteiger partial charge in [0.15, 0.2) is 0 Å². The molecule has 0 spiro atoms.